The maximum Gasteiger partial charge on any atom is 0.138 e. The summed E-state index contributed by atoms with van der Waals surface area (Å²) in [6.45, 7) is 0.736. The molecule has 0 amide bonds. The summed E-state index contributed by atoms with van der Waals surface area (Å²) in [6, 6.07) is 6.95. The van der Waals surface area contributed by atoms with Crippen LogP contribution in [0.1, 0.15) is 29.4 Å². The van der Waals surface area contributed by atoms with Gasteiger partial charge in [-0.1, -0.05) is 22.0 Å². The summed E-state index contributed by atoms with van der Waals surface area (Å²) in [5.74, 6) is 0.885. The van der Waals surface area contributed by atoms with Crippen molar-refractivity contribution < 1.29 is 0 Å². The predicted octanol–water partition coefficient (Wildman–Crippen LogP) is 2.34. The number of aromatic nitrogens is 3. The van der Waals surface area contributed by atoms with E-state index in [1.807, 2.05) is 0 Å². The van der Waals surface area contributed by atoms with Gasteiger partial charge in [0, 0.05) is 10.5 Å². The molecule has 0 bridgehead atoms. The molecule has 1 aliphatic carbocycles. The molecule has 4 nitrogen and oxygen atoms in total. The lowest BCUT2D eigenvalue weighted by molar-refractivity contribution is 0.520. The number of fused-ring (bicyclic) bond motifs is 1. The van der Waals surface area contributed by atoms with Gasteiger partial charge in [-0.15, -0.1) is 0 Å². The van der Waals surface area contributed by atoms with Gasteiger partial charge < -0.3 is 5.32 Å². The highest BCUT2D eigenvalue weighted by molar-refractivity contribution is 9.10. The number of H-pyrrole nitrogens is 1. The van der Waals surface area contributed by atoms with Crippen LogP contribution in [0.5, 0.6) is 0 Å². The molecule has 2 N–H and O–H groups in total. The Morgan fingerprint density at radius 1 is 1.47 bits per heavy atom. The first-order valence-electron chi connectivity index (χ1n) is 5.69. The third-order valence-electron chi connectivity index (χ3n) is 3.16. The molecule has 5 heteroatoms. The summed E-state index contributed by atoms with van der Waals surface area (Å²) in [6.07, 6.45) is 3.83. The molecule has 0 spiro atoms. The second-order valence-corrected chi connectivity index (χ2v) is 5.16. The molecule has 88 valence electrons. The van der Waals surface area contributed by atoms with Crippen molar-refractivity contribution in [2.45, 2.75) is 25.4 Å². The lowest BCUT2D eigenvalue weighted by Crippen LogP contribution is -2.19. The van der Waals surface area contributed by atoms with Gasteiger partial charge in [-0.25, -0.2) is 4.98 Å². The van der Waals surface area contributed by atoms with Gasteiger partial charge in [0.2, 0.25) is 0 Å². The van der Waals surface area contributed by atoms with E-state index in [1.165, 1.54) is 17.5 Å². The van der Waals surface area contributed by atoms with Gasteiger partial charge in [-0.3, -0.25) is 5.10 Å². The number of aromatic amines is 1. The van der Waals surface area contributed by atoms with Crippen LogP contribution >= 0.6 is 15.9 Å². The van der Waals surface area contributed by atoms with E-state index in [4.69, 9.17) is 0 Å². The highest BCUT2D eigenvalue weighted by atomic mass is 79.9. The molecule has 1 heterocycles. The third kappa shape index (κ3) is 2.25. The fraction of sp³-hybridized carbons (Fsp3) is 0.333. The number of rotatable bonds is 3. The Kier molecular flexibility index (Phi) is 2.94. The van der Waals surface area contributed by atoms with Gasteiger partial charge in [-0.05, 0) is 36.1 Å². The predicted molar refractivity (Wildman–Crippen MR) is 68.4 cm³/mol. The first kappa shape index (κ1) is 10.9. The van der Waals surface area contributed by atoms with Crippen molar-refractivity contribution in [3.63, 3.8) is 0 Å². The molecule has 1 aromatic carbocycles. The van der Waals surface area contributed by atoms with E-state index in [1.54, 1.807) is 0 Å². The Morgan fingerprint density at radius 3 is 3.24 bits per heavy atom. The summed E-state index contributed by atoms with van der Waals surface area (Å²) in [4.78, 5) is 4.11. The second-order valence-electron chi connectivity index (χ2n) is 4.25. The average molecular weight is 293 g/mol. The van der Waals surface area contributed by atoms with Crippen LogP contribution < -0.4 is 5.32 Å². The normalized spacial score (nSPS) is 18.3. The number of aryl methyl sites for hydroxylation is 1. The average Bonchev–Trinajstić information content (AvgIpc) is 2.94. The zero-order chi connectivity index (χ0) is 11.7. The third-order valence-corrected chi connectivity index (χ3v) is 3.66. The molecule has 0 saturated heterocycles. The largest absolute Gasteiger partial charge is 0.303 e. The SMILES string of the molecule is Brc1ccc2c(c1)CCC2NCc1ncn[nH]1. The maximum atomic E-state index is 4.11. The van der Waals surface area contributed by atoms with E-state index in [9.17, 15) is 0 Å². The number of halogens is 1. The van der Waals surface area contributed by atoms with Crippen LogP contribution in [0.25, 0.3) is 0 Å². The molecular weight excluding hydrogens is 280 g/mol. The van der Waals surface area contributed by atoms with E-state index in [0.717, 1.165) is 29.7 Å². The van der Waals surface area contributed by atoms with Crippen LogP contribution in [0.4, 0.5) is 0 Å². The first-order valence-corrected chi connectivity index (χ1v) is 6.48. The standard InChI is InChI=1S/C12H13BrN4/c13-9-2-3-10-8(5-9)1-4-11(10)14-6-12-15-7-16-17-12/h2-3,5,7,11,14H,1,4,6H2,(H,15,16,17). The topological polar surface area (TPSA) is 53.6 Å². The molecule has 2 aromatic rings. The van der Waals surface area contributed by atoms with Crippen LogP contribution in [-0.4, -0.2) is 15.2 Å². The van der Waals surface area contributed by atoms with E-state index in [-0.39, 0.29) is 0 Å². The molecule has 0 aliphatic heterocycles. The van der Waals surface area contributed by atoms with E-state index in [0.29, 0.717) is 6.04 Å². The minimum absolute atomic E-state index is 0.434. The van der Waals surface area contributed by atoms with Crippen LogP contribution in [-0.2, 0) is 13.0 Å². The van der Waals surface area contributed by atoms with Crippen LogP contribution in [0, 0.1) is 0 Å². The summed E-state index contributed by atoms with van der Waals surface area (Å²) < 4.78 is 1.16. The first-order chi connectivity index (χ1) is 8.33. The van der Waals surface area contributed by atoms with E-state index in [2.05, 4.69) is 54.6 Å². The van der Waals surface area contributed by atoms with Gasteiger partial charge in [0.05, 0.1) is 6.54 Å². The van der Waals surface area contributed by atoms with E-state index >= 15 is 0 Å². The number of hydrogen-bond donors (Lipinski definition) is 2. The second kappa shape index (κ2) is 4.58. The molecule has 1 aliphatic rings. The highest BCUT2D eigenvalue weighted by Crippen LogP contribution is 2.32. The molecule has 0 fully saturated rings. The maximum absolute atomic E-state index is 4.11. The lowest BCUT2D eigenvalue weighted by atomic mass is 10.1. The minimum atomic E-state index is 0.434. The Hall–Kier alpha value is -1.20. The summed E-state index contributed by atoms with van der Waals surface area (Å²) >= 11 is 3.51. The van der Waals surface area contributed by atoms with Crippen LogP contribution in [0.15, 0.2) is 29.0 Å². The minimum Gasteiger partial charge on any atom is -0.303 e. The summed E-state index contributed by atoms with van der Waals surface area (Å²) in [5, 5.41) is 10.2. The molecule has 1 atom stereocenters. The Bertz CT molecular complexity index is 509. The molecule has 17 heavy (non-hydrogen) atoms. The van der Waals surface area contributed by atoms with Crippen LogP contribution in [0.3, 0.4) is 0 Å². The van der Waals surface area contributed by atoms with Gasteiger partial charge in [0.15, 0.2) is 0 Å². The molecular formula is C12H13BrN4. The van der Waals surface area contributed by atoms with Crippen molar-refractivity contribution in [3.8, 4) is 0 Å². The Labute approximate surface area is 108 Å². The van der Waals surface area contributed by atoms with Crippen molar-refractivity contribution in [3.05, 3.63) is 46.0 Å². The highest BCUT2D eigenvalue weighted by Gasteiger charge is 2.21. The van der Waals surface area contributed by atoms with E-state index < -0.39 is 0 Å². The number of benzene rings is 1. The lowest BCUT2D eigenvalue weighted by Gasteiger charge is -2.12. The van der Waals surface area contributed by atoms with Gasteiger partial charge in [0.1, 0.15) is 12.2 Å². The summed E-state index contributed by atoms with van der Waals surface area (Å²) in [7, 11) is 0. The fourth-order valence-corrected chi connectivity index (χ4v) is 2.74. The number of hydrogen-bond acceptors (Lipinski definition) is 3. The quantitative estimate of drug-likeness (QED) is 0.913. The van der Waals surface area contributed by atoms with Crippen molar-refractivity contribution in [1.82, 2.24) is 20.5 Å². The molecule has 1 aromatic heterocycles. The summed E-state index contributed by atoms with van der Waals surface area (Å²) in [5.41, 5.74) is 2.85. The number of nitrogens with zero attached hydrogens (tertiary/aromatic N) is 2. The van der Waals surface area contributed by atoms with Crippen molar-refractivity contribution >= 4 is 15.9 Å². The fourth-order valence-electron chi connectivity index (χ4n) is 2.33. The molecule has 0 radical (unpaired) electrons. The van der Waals surface area contributed by atoms with Gasteiger partial charge in [0.25, 0.3) is 0 Å². The van der Waals surface area contributed by atoms with Crippen molar-refractivity contribution in [1.29, 1.82) is 0 Å². The number of nitrogens with one attached hydrogen (secondary N) is 2. The monoisotopic (exact) mass is 292 g/mol. The molecule has 1 unspecified atom stereocenters. The molecule has 0 saturated carbocycles. The zero-order valence-corrected chi connectivity index (χ0v) is 10.9. The smallest absolute Gasteiger partial charge is 0.138 e. The Morgan fingerprint density at radius 2 is 2.41 bits per heavy atom. The molecule has 3 rings (SSSR count). The Balaban J connectivity index is 1.71. The van der Waals surface area contributed by atoms with Crippen molar-refractivity contribution in [2.75, 3.05) is 0 Å². The zero-order valence-electron chi connectivity index (χ0n) is 9.28. The van der Waals surface area contributed by atoms with Crippen molar-refractivity contribution in [2.24, 2.45) is 0 Å². The van der Waals surface area contributed by atoms with Gasteiger partial charge in [-0.2, -0.15) is 5.10 Å². The van der Waals surface area contributed by atoms with Gasteiger partial charge >= 0.3 is 0 Å². The van der Waals surface area contributed by atoms with Crippen LogP contribution in [0.2, 0.25) is 0 Å².